The molecule has 0 aliphatic carbocycles. The van der Waals surface area contributed by atoms with Crippen LogP contribution in [0.4, 0.5) is 10.5 Å². The first kappa shape index (κ1) is 13.7. The van der Waals surface area contributed by atoms with Crippen LogP contribution in [0.3, 0.4) is 0 Å². The van der Waals surface area contributed by atoms with Crippen molar-refractivity contribution in [3.8, 4) is 0 Å². The molecule has 5 heteroatoms. The van der Waals surface area contributed by atoms with Crippen LogP contribution in [0.25, 0.3) is 10.9 Å². The predicted octanol–water partition coefficient (Wildman–Crippen LogP) is 2.84. The number of imide groups is 1. The fourth-order valence-electron chi connectivity index (χ4n) is 2.77. The Morgan fingerprint density at radius 2 is 1.90 bits per heavy atom. The lowest BCUT2D eigenvalue weighted by atomic mass is 10.1. The number of rotatable bonds is 1. The van der Waals surface area contributed by atoms with Crippen LogP contribution >= 0.6 is 0 Å². The number of nitrogens with zero attached hydrogens (tertiary/aromatic N) is 2. The SMILES string of the molecule is CC(C)(C)n1ccc2c(N3CCC(=O)NC3=O)cccc21. The molecule has 1 aliphatic heterocycles. The zero-order valence-corrected chi connectivity index (χ0v) is 12.5. The van der Waals surface area contributed by atoms with E-state index in [9.17, 15) is 9.59 Å². The van der Waals surface area contributed by atoms with Gasteiger partial charge in [-0.2, -0.15) is 0 Å². The minimum absolute atomic E-state index is 0.0273. The summed E-state index contributed by atoms with van der Waals surface area (Å²) in [7, 11) is 0. The van der Waals surface area contributed by atoms with Crippen LogP contribution in [0.2, 0.25) is 0 Å². The molecule has 1 aromatic heterocycles. The maximum atomic E-state index is 12.0. The van der Waals surface area contributed by atoms with E-state index in [1.54, 1.807) is 4.90 Å². The second kappa shape index (κ2) is 4.62. The zero-order valence-electron chi connectivity index (χ0n) is 12.5. The summed E-state index contributed by atoms with van der Waals surface area (Å²) in [5.41, 5.74) is 1.91. The summed E-state index contributed by atoms with van der Waals surface area (Å²) in [6, 6.07) is 7.60. The van der Waals surface area contributed by atoms with E-state index < -0.39 is 0 Å². The molecule has 0 saturated carbocycles. The lowest BCUT2D eigenvalue weighted by Crippen LogP contribution is -2.49. The Labute approximate surface area is 123 Å². The molecule has 0 bridgehead atoms. The van der Waals surface area contributed by atoms with Gasteiger partial charge in [0.05, 0.1) is 11.2 Å². The van der Waals surface area contributed by atoms with E-state index in [0.29, 0.717) is 13.0 Å². The van der Waals surface area contributed by atoms with Gasteiger partial charge >= 0.3 is 6.03 Å². The van der Waals surface area contributed by atoms with E-state index >= 15 is 0 Å². The summed E-state index contributed by atoms with van der Waals surface area (Å²) in [6.45, 7) is 6.85. The maximum absolute atomic E-state index is 12.0. The first-order chi connectivity index (χ1) is 9.88. The van der Waals surface area contributed by atoms with Gasteiger partial charge in [0.15, 0.2) is 0 Å². The first-order valence-corrected chi connectivity index (χ1v) is 7.10. The summed E-state index contributed by atoms with van der Waals surface area (Å²) in [5, 5.41) is 3.40. The highest BCUT2D eigenvalue weighted by Crippen LogP contribution is 2.31. The van der Waals surface area contributed by atoms with Crippen LogP contribution in [0, 0.1) is 0 Å². The quantitative estimate of drug-likeness (QED) is 0.876. The Balaban J connectivity index is 2.10. The van der Waals surface area contributed by atoms with Gasteiger partial charge in [-0.25, -0.2) is 4.79 Å². The minimum Gasteiger partial charge on any atom is -0.342 e. The molecule has 0 radical (unpaired) electrons. The van der Waals surface area contributed by atoms with Crippen LogP contribution in [0.5, 0.6) is 0 Å². The van der Waals surface area contributed by atoms with Gasteiger partial charge < -0.3 is 4.57 Å². The average molecular weight is 285 g/mol. The van der Waals surface area contributed by atoms with Crippen LogP contribution in [-0.2, 0) is 10.3 Å². The number of fused-ring (bicyclic) bond motifs is 1. The van der Waals surface area contributed by atoms with Crippen molar-refractivity contribution in [1.29, 1.82) is 0 Å². The molecule has 1 saturated heterocycles. The summed E-state index contributed by atoms with van der Waals surface area (Å²) in [5.74, 6) is -0.212. The number of anilines is 1. The molecule has 1 aliphatic rings. The first-order valence-electron chi connectivity index (χ1n) is 7.10. The van der Waals surface area contributed by atoms with Crippen molar-refractivity contribution in [2.75, 3.05) is 11.4 Å². The highest BCUT2D eigenvalue weighted by Gasteiger charge is 2.26. The largest absolute Gasteiger partial charge is 0.342 e. The number of carbonyl (C=O) groups excluding carboxylic acids is 2. The Hall–Kier alpha value is -2.30. The van der Waals surface area contributed by atoms with Crippen LogP contribution in [0.1, 0.15) is 27.2 Å². The molecule has 0 spiro atoms. The minimum atomic E-state index is -0.345. The molecule has 3 amide bonds. The number of benzene rings is 1. The molecular formula is C16H19N3O2. The molecule has 1 aromatic carbocycles. The molecule has 2 aromatic rings. The highest BCUT2D eigenvalue weighted by atomic mass is 16.2. The van der Waals surface area contributed by atoms with E-state index in [0.717, 1.165) is 16.6 Å². The molecule has 5 nitrogen and oxygen atoms in total. The lowest BCUT2D eigenvalue weighted by Gasteiger charge is -2.28. The standard InChI is InChI=1S/C16H19N3O2/c1-16(2,3)19-10-7-11-12(5-4-6-13(11)19)18-9-8-14(20)17-15(18)21/h4-7,10H,8-9H2,1-3H3,(H,17,20,21). The van der Waals surface area contributed by atoms with Crippen molar-refractivity contribution in [2.45, 2.75) is 32.7 Å². The Kier molecular flexibility index (Phi) is 3.01. The number of urea groups is 1. The summed E-state index contributed by atoms with van der Waals surface area (Å²) in [4.78, 5) is 25.0. The van der Waals surface area contributed by atoms with Gasteiger partial charge in [0.2, 0.25) is 5.91 Å². The van der Waals surface area contributed by atoms with Crippen molar-refractivity contribution < 1.29 is 9.59 Å². The van der Waals surface area contributed by atoms with Crippen molar-refractivity contribution in [3.63, 3.8) is 0 Å². The second-order valence-electron chi connectivity index (χ2n) is 6.32. The van der Waals surface area contributed by atoms with Crippen molar-refractivity contribution >= 4 is 28.5 Å². The molecule has 2 heterocycles. The van der Waals surface area contributed by atoms with Gasteiger partial charge in [-0.1, -0.05) is 6.07 Å². The normalized spacial score (nSPS) is 16.4. The van der Waals surface area contributed by atoms with Gasteiger partial charge in [0, 0.05) is 30.1 Å². The number of carbonyl (C=O) groups is 2. The van der Waals surface area contributed by atoms with Crippen LogP contribution in [0.15, 0.2) is 30.5 Å². The van der Waals surface area contributed by atoms with Crippen molar-refractivity contribution in [2.24, 2.45) is 0 Å². The third kappa shape index (κ3) is 2.28. The number of amides is 3. The molecular weight excluding hydrogens is 266 g/mol. The van der Waals surface area contributed by atoms with Gasteiger partial charge in [-0.15, -0.1) is 0 Å². The molecule has 3 rings (SSSR count). The Morgan fingerprint density at radius 3 is 2.57 bits per heavy atom. The summed E-state index contributed by atoms with van der Waals surface area (Å²) in [6.07, 6.45) is 2.38. The molecule has 110 valence electrons. The molecule has 1 N–H and O–H groups in total. The average Bonchev–Trinajstić information content (AvgIpc) is 2.82. The Bertz CT molecular complexity index is 725. The monoisotopic (exact) mass is 285 g/mol. The number of hydrogen-bond acceptors (Lipinski definition) is 2. The van der Waals surface area contributed by atoms with Crippen LogP contribution in [-0.4, -0.2) is 23.1 Å². The zero-order chi connectivity index (χ0) is 15.2. The van der Waals surface area contributed by atoms with E-state index in [2.05, 4.69) is 36.7 Å². The second-order valence-corrected chi connectivity index (χ2v) is 6.32. The number of hydrogen-bond donors (Lipinski definition) is 1. The highest BCUT2D eigenvalue weighted by molar-refractivity contribution is 6.09. The van der Waals surface area contributed by atoms with E-state index in [4.69, 9.17) is 0 Å². The fraction of sp³-hybridized carbons (Fsp3) is 0.375. The third-order valence-corrected chi connectivity index (χ3v) is 3.78. The predicted molar refractivity (Wildman–Crippen MR) is 82.4 cm³/mol. The molecule has 0 unspecified atom stereocenters. The summed E-state index contributed by atoms with van der Waals surface area (Å²) < 4.78 is 2.19. The van der Waals surface area contributed by atoms with Crippen molar-refractivity contribution in [1.82, 2.24) is 9.88 Å². The molecule has 1 fully saturated rings. The van der Waals surface area contributed by atoms with E-state index in [1.165, 1.54) is 0 Å². The van der Waals surface area contributed by atoms with Gasteiger partial charge in [0.1, 0.15) is 0 Å². The lowest BCUT2D eigenvalue weighted by molar-refractivity contribution is -0.120. The van der Waals surface area contributed by atoms with Gasteiger partial charge in [0.25, 0.3) is 0 Å². The van der Waals surface area contributed by atoms with E-state index in [-0.39, 0.29) is 17.5 Å². The molecule has 0 atom stereocenters. The van der Waals surface area contributed by atoms with E-state index in [1.807, 2.05) is 24.4 Å². The van der Waals surface area contributed by atoms with Gasteiger partial charge in [-0.3, -0.25) is 15.0 Å². The fourth-order valence-corrected chi connectivity index (χ4v) is 2.77. The third-order valence-electron chi connectivity index (χ3n) is 3.78. The summed E-state index contributed by atoms with van der Waals surface area (Å²) >= 11 is 0. The van der Waals surface area contributed by atoms with Crippen LogP contribution < -0.4 is 10.2 Å². The number of aromatic nitrogens is 1. The Morgan fingerprint density at radius 1 is 1.14 bits per heavy atom. The maximum Gasteiger partial charge on any atom is 0.328 e. The van der Waals surface area contributed by atoms with Gasteiger partial charge in [-0.05, 0) is 39.0 Å². The topological polar surface area (TPSA) is 54.3 Å². The number of nitrogens with one attached hydrogen (secondary N) is 1. The molecule has 21 heavy (non-hydrogen) atoms. The van der Waals surface area contributed by atoms with Crippen molar-refractivity contribution in [3.05, 3.63) is 30.5 Å². The smallest absolute Gasteiger partial charge is 0.328 e.